The van der Waals surface area contributed by atoms with Gasteiger partial charge in [-0.25, -0.2) is 0 Å². The summed E-state index contributed by atoms with van der Waals surface area (Å²) in [6, 6.07) is 6.96. The highest BCUT2D eigenvalue weighted by Crippen LogP contribution is 2.41. The van der Waals surface area contributed by atoms with Gasteiger partial charge >= 0.3 is 6.18 Å². The maximum Gasteiger partial charge on any atom is 0.417 e. The molecule has 1 fully saturated rings. The molecule has 1 aromatic heterocycles. The number of thiophene rings is 1. The Morgan fingerprint density at radius 2 is 2.00 bits per heavy atom. The summed E-state index contributed by atoms with van der Waals surface area (Å²) >= 11 is 13.3. The van der Waals surface area contributed by atoms with Gasteiger partial charge in [0.05, 0.1) is 21.2 Å². The van der Waals surface area contributed by atoms with E-state index in [0.717, 1.165) is 33.7 Å². The summed E-state index contributed by atoms with van der Waals surface area (Å²) in [6.07, 6.45) is -2.94. The third kappa shape index (κ3) is 3.37. The van der Waals surface area contributed by atoms with Gasteiger partial charge in [0, 0.05) is 4.88 Å². The van der Waals surface area contributed by atoms with Gasteiger partial charge in [-0.15, -0.1) is 11.3 Å². The van der Waals surface area contributed by atoms with E-state index in [-0.39, 0.29) is 10.0 Å². The van der Waals surface area contributed by atoms with Gasteiger partial charge in [0.25, 0.3) is 5.91 Å². The number of carbonyl (C=O) groups excluding carboxylic acids is 1. The van der Waals surface area contributed by atoms with Crippen molar-refractivity contribution < 1.29 is 18.0 Å². The Bertz CT molecular complexity index is 846. The summed E-state index contributed by atoms with van der Waals surface area (Å²) in [6.45, 7) is 0. The molecule has 0 aliphatic carbocycles. The average Bonchev–Trinajstić information content (AvgIpc) is 3.08. The molecule has 0 bridgehead atoms. The van der Waals surface area contributed by atoms with E-state index in [0.29, 0.717) is 4.91 Å². The number of alkyl halides is 3. The number of hydrogen-bond acceptors (Lipinski definition) is 4. The van der Waals surface area contributed by atoms with Crippen LogP contribution in [0.15, 0.2) is 40.6 Å². The van der Waals surface area contributed by atoms with Crippen molar-refractivity contribution in [3.63, 3.8) is 0 Å². The zero-order chi connectivity index (χ0) is 17.5. The van der Waals surface area contributed by atoms with E-state index in [9.17, 15) is 18.0 Å². The Hall–Kier alpha value is -1.35. The van der Waals surface area contributed by atoms with Crippen LogP contribution in [0, 0.1) is 0 Å². The molecule has 3 rings (SSSR count). The number of thioether (sulfide) groups is 1. The molecule has 0 unspecified atom stereocenters. The summed E-state index contributed by atoms with van der Waals surface area (Å²) in [5, 5.41) is 1.44. The van der Waals surface area contributed by atoms with E-state index < -0.39 is 22.7 Å². The Morgan fingerprint density at radius 1 is 1.25 bits per heavy atom. The van der Waals surface area contributed by atoms with Crippen molar-refractivity contribution in [2.75, 3.05) is 4.90 Å². The van der Waals surface area contributed by atoms with E-state index in [4.69, 9.17) is 23.8 Å². The normalized spacial score (nSPS) is 17.2. The second-order valence-electron chi connectivity index (χ2n) is 4.69. The largest absolute Gasteiger partial charge is 0.417 e. The lowest BCUT2D eigenvalue weighted by Crippen LogP contribution is -2.27. The average molecular weight is 406 g/mol. The zero-order valence-corrected chi connectivity index (χ0v) is 14.8. The highest BCUT2D eigenvalue weighted by molar-refractivity contribution is 8.27. The lowest BCUT2D eigenvalue weighted by atomic mass is 10.2. The molecular formula is C15H7ClF3NOS3. The third-order valence-electron chi connectivity index (χ3n) is 3.12. The van der Waals surface area contributed by atoms with Crippen LogP contribution in [-0.4, -0.2) is 10.2 Å². The Balaban J connectivity index is 1.98. The smallest absolute Gasteiger partial charge is 0.268 e. The summed E-state index contributed by atoms with van der Waals surface area (Å²) in [5.74, 6) is -0.450. The number of carbonyl (C=O) groups is 1. The summed E-state index contributed by atoms with van der Waals surface area (Å²) in [4.78, 5) is 14.8. The van der Waals surface area contributed by atoms with Crippen LogP contribution in [-0.2, 0) is 11.0 Å². The molecule has 0 radical (unpaired) electrons. The van der Waals surface area contributed by atoms with Crippen LogP contribution in [0.1, 0.15) is 10.4 Å². The van der Waals surface area contributed by atoms with Gasteiger partial charge in [0.2, 0.25) is 0 Å². The fourth-order valence-electron chi connectivity index (χ4n) is 2.06. The van der Waals surface area contributed by atoms with Crippen molar-refractivity contribution in [3.8, 4) is 0 Å². The molecule has 1 aliphatic heterocycles. The molecule has 0 spiro atoms. The molecule has 124 valence electrons. The zero-order valence-electron chi connectivity index (χ0n) is 11.6. The van der Waals surface area contributed by atoms with Gasteiger partial charge in [-0.05, 0) is 35.7 Å². The fourth-order valence-corrected chi connectivity index (χ4v) is 4.31. The Labute approximate surface area is 153 Å². The van der Waals surface area contributed by atoms with Crippen molar-refractivity contribution in [1.82, 2.24) is 0 Å². The molecule has 24 heavy (non-hydrogen) atoms. The quantitative estimate of drug-likeness (QED) is 0.463. The highest BCUT2D eigenvalue weighted by atomic mass is 35.5. The van der Waals surface area contributed by atoms with Crippen LogP contribution in [0.5, 0.6) is 0 Å². The van der Waals surface area contributed by atoms with E-state index in [1.165, 1.54) is 17.4 Å². The minimum Gasteiger partial charge on any atom is -0.268 e. The lowest BCUT2D eigenvalue weighted by Gasteiger charge is -2.17. The highest BCUT2D eigenvalue weighted by Gasteiger charge is 2.37. The molecule has 0 saturated carbocycles. The SMILES string of the molecule is O=C1C(=Cc2cccs2)SC(=S)N1c1ccc(Cl)c(C(F)(F)F)c1. The number of anilines is 1. The first-order valence-corrected chi connectivity index (χ1v) is 8.94. The molecule has 2 aromatic rings. The van der Waals surface area contributed by atoms with Crippen molar-refractivity contribution in [1.29, 1.82) is 0 Å². The Kier molecular flexibility index (Phi) is 4.74. The van der Waals surface area contributed by atoms with Crippen molar-refractivity contribution in [2.45, 2.75) is 6.18 Å². The third-order valence-corrected chi connectivity index (χ3v) is 5.57. The number of rotatable bonds is 2. The van der Waals surface area contributed by atoms with Crippen LogP contribution >= 0.6 is 46.9 Å². The van der Waals surface area contributed by atoms with Gasteiger partial charge in [-0.2, -0.15) is 13.2 Å². The number of amides is 1. The molecule has 1 aliphatic rings. The van der Waals surface area contributed by atoms with Crippen molar-refractivity contribution in [3.05, 3.63) is 56.1 Å². The van der Waals surface area contributed by atoms with E-state index in [1.807, 2.05) is 17.5 Å². The van der Waals surface area contributed by atoms with E-state index in [2.05, 4.69) is 0 Å². The summed E-state index contributed by atoms with van der Waals surface area (Å²) < 4.78 is 39.2. The number of hydrogen-bond donors (Lipinski definition) is 0. The molecule has 0 atom stereocenters. The molecule has 1 amide bonds. The molecule has 2 heterocycles. The predicted molar refractivity (Wildman–Crippen MR) is 96.4 cm³/mol. The summed E-state index contributed by atoms with van der Waals surface area (Å²) in [5.41, 5.74) is -0.957. The second-order valence-corrected chi connectivity index (χ2v) is 7.76. The number of nitrogens with zero attached hydrogens (tertiary/aromatic N) is 1. The number of halogens is 4. The van der Waals surface area contributed by atoms with E-state index >= 15 is 0 Å². The van der Waals surface area contributed by atoms with Gasteiger partial charge in [-0.3, -0.25) is 9.69 Å². The molecule has 9 heteroatoms. The number of benzene rings is 1. The maximum atomic E-state index is 13.0. The minimum absolute atomic E-state index is 0.0452. The van der Waals surface area contributed by atoms with E-state index in [1.54, 1.807) is 6.08 Å². The monoisotopic (exact) mass is 405 g/mol. The first kappa shape index (κ1) is 17.5. The van der Waals surface area contributed by atoms with Crippen molar-refractivity contribution in [2.24, 2.45) is 0 Å². The predicted octanol–water partition coefficient (Wildman–Crippen LogP) is 5.83. The molecule has 1 aromatic carbocycles. The number of thiocarbonyl (C=S) groups is 1. The second kappa shape index (κ2) is 6.51. The van der Waals surface area contributed by atoms with Gasteiger partial charge in [0.1, 0.15) is 0 Å². The topological polar surface area (TPSA) is 20.3 Å². The Morgan fingerprint density at radius 3 is 2.62 bits per heavy atom. The first-order valence-electron chi connectivity index (χ1n) is 6.45. The molecule has 1 saturated heterocycles. The van der Waals surface area contributed by atoms with Gasteiger partial charge < -0.3 is 0 Å². The fraction of sp³-hybridized carbons (Fsp3) is 0.0667. The van der Waals surface area contributed by atoms with Crippen LogP contribution in [0.2, 0.25) is 5.02 Å². The molecule has 2 nitrogen and oxygen atoms in total. The molecular weight excluding hydrogens is 399 g/mol. The van der Waals surface area contributed by atoms with Crippen LogP contribution in [0.3, 0.4) is 0 Å². The standard InChI is InChI=1S/C15H7ClF3NOS3/c16-11-4-3-8(6-10(11)15(17,18)19)20-13(21)12(24-14(20)22)7-9-2-1-5-23-9/h1-7H. The minimum atomic E-state index is -4.61. The van der Waals surface area contributed by atoms with Crippen LogP contribution in [0.25, 0.3) is 6.08 Å². The summed E-state index contributed by atoms with van der Waals surface area (Å²) in [7, 11) is 0. The van der Waals surface area contributed by atoms with Crippen LogP contribution < -0.4 is 4.90 Å². The molecule has 0 N–H and O–H groups in total. The first-order chi connectivity index (χ1) is 11.3. The van der Waals surface area contributed by atoms with Crippen molar-refractivity contribution >= 4 is 68.9 Å². The maximum absolute atomic E-state index is 13.0. The van der Waals surface area contributed by atoms with Gasteiger partial charge in [-0.1, -0.05) is 41.6 Å². The lowest BCUT2D eigenvalue weighted by molar-refractivity contribution is -0.137. The van der Waals surface area contributed by atoms with Crippen LogP contribution in [0.4, 0.5) is 18.9 Å². The van der Waals surface area contributed by atoms with Gasteiger partial charge in [0.15, 0.2) is 4.32 Å².